The Morgan fingerprint density at radius 2 is 2.23 bits per heavy atom. The Labute approximate surface area is 80.9 Å². The molecule has 0 saturated carbocycles. The summed E-state index contributed by atoms with van der Waals surface area (Å²) in [5, 5.41) is 8.83. The molecule has 1 heterocycles. The van der Waals surface area contributed by atoms with Crippen LogP contribution in [-0.4, -0.2) is 41.8 Å². The highest BCUT2D eigenvalue weighted by molar-refractivity contribution is 4.88. The molecular weight excluding hydrogens is 164 g/mol. The van der Waals surface area contributed by atoms with Crippen LogP contribution < -0.4 is 5.73 Å². The molecule has 0 aromatic rings. The van der Waals surface area contributed by atoms with Crippen molar-refractivity contribution < 1.29 is 5.11 Å². The normalized spacial score (nSPS) is 25.4. The summed E-state index contributed by atoms with van der Waals surface area (Å²) in [6, 6.07) is 0. The largest absolute Gasteiger partial charge is 0.396 e. The Morgan fingerprint density at radius 3 is 2.77 bits per heavy atom. The van der Waals surface area contributed by atoms with Crippen molar-refractivity contribution in [3.05, 3.63) is 0 Å². The van der Waals surface area contributed by atoms with Crippen molar-refractivity contribution in [2.45, 2.75) is 32.2 Å². The first-order valence-electron chi connectivity index (χ1n) is 5.16. The fourth-order valence-electron chi connectivity index (χ4n) is 1.93. The third-order valence-corrected chi connectivity index (χ3v) is 3.18. The van der Waals surface area contributed by atoms with Crippen LogP contribution in [0.4, 0.5) is 0 Å². The highest BCUT2D eigenvalue weighted by atomic mass is 16.3. The van der Waals surface area contributed by atoms with Crippen LogP contribution in [0, 0.1) is 5.92 Å². The quantitative estimate of drug-likeness (QED) is 0.669. The number of likely N-dealkylation sites (tertiary alicyclic amines) is 1. The molecular formula is C10H22N2O. The molecule has 1 aliphatic heterocycles. The van der Waals surface area contributed by atoms with Gasteiger partial charge in [-0.2, -0.15) is 0 Å². The SMILES string of the molecule is CC(C)(CN)N1CCC(CCO)C1. The maximum Gasteiger partial charge on any atom is 0.0434 e. The lowest BCUT2D eigenvalue weighted by Crippen LogP contribution is -2.48. The minimum absolute atomic E-state index is 0.129. The molecule has 78 valence electrons. The summed E-state index contributed by atoms with van der Waals surface area (Å²) in [5.41, 5.74) is 5.84. The van der Waals surface area contributed by atoms with Gasteiger partial charge >= 0.3 is 0 Å². The Morgan fingerprint density at radius 1 is 1.54 bits per heavy atom. The van der Waals surface area contributed by atoms with Gasteiger partial charge in [0.15, 0.2) is 0 Å². The summed E-state index contributed by atoms with van der Waals surface area (Å²) in [6.45, 7) is 7.64. The van der Waals surface area contributed by atoms with E-state index < -0.39 is 0 Å². The smallest absolute Gasteiger partial charge is 0.0434 e. The molecule has 1 fully saturated rings. The van der Waals surface area contributed by atoms with Gasteiger partial charge < -0.3 is 10.8 Å². The summed E-state index contributed by atoms with van der Waals surface area (Å²) >= 11 is 0. The number of aliphatic hydroxyl groups excluding tert-OH is 1. The Hall–Kier alpha value is -0.120. The lowest BCUT2D eigenvalue weighted by molar-refractivity contribution is 0.152. The Balaban J connectivity index is 2.40. The molecule has 0 radical (unpaired) electrons. The van der Waals surface area contributed by atoms with E-state index in [1.54, 1.807) is 0 Å². The molecule has 1 atom stereocenters. The second kappa shape index (κ2) is 4.40. The van der Waals surface area contributed by atoms with E-state index in [-0.39, 0.29) is 5.54 Å². The predicted octanol–water partition coefficient (Wildman–Crippen LogP) is 0.428. The van der Waals surface area contributed by atoms with Crippen LogP contribution in [0.3, 0.4) is 0 Å². The van der Waals surface area contributed by atoms with E-state index in [0.29, 0.717) is 19.1 Å². The highest BCUT2D eigenvalue weighted by Gasteiger charge is 2.31. The molecule has 1 aliphatic rings. The molecule has 3 nitrogen and oxygen atoms in total. The van der Waals surface area contributed by atoms with Crippen molar-refractivity contribution in [2.75, 3.05) is 26.2 Å². The number of nitrogens with two attached hydrogens (primary N) is 1. The van der Waals surface area contributed by atoms with Crippen molar-refractivity contribution in [2.24, 2.45) is 11.7 Å². The third-order valence-electron chi connectivity index (χ3n) is 3.18. The molecule has 3 heteroatoms. The maximum absolute atomic E-state index is 8.83. The molecule has 0 aromatic heterocycles. The van der Waals surface area contributed by atoms with Crippen LogP contribution in [0.1, 0.15) is 26.7 Å². The summed E-state index contributed by atoms with van der Waals surface area (Å²) < 4.78 is 0. The zero-order chi connectivity index (χ0) is 9.90. The van der Waals surface area contributed by atoms with E-state index >= 15 is 0 Å². The molecule has 13 heavy (non-hydrogen) atoms. The second-order valence-corrected chi connectivity index (χ2v) is 4.63. The van der Waals surface area contributed by atoms with Gasteiger partial charge in [-0.15, -0.1) is 0 Å². The van der Waals surface area contributed by atoms with E-state index in [1.165, 1.54) is 6.42 Å². The van der Waals surface area contributed by atoms with E-state index in [9.17, 15) is 0 Å². The molecule has 0 spiro atoms. The van der Waals surface area contributed by atoms with E-state index in [1.807, 2.05) is 0 Å². The highest BCUT2D eigenvalue weighted by Crippen LogP contribution is 2.25. The van der Waals surface area contributed by atoms with Gasteiger partial charge in [0.05, 0.1) is 0 Å². The van der Waals surface area contributed by atoms with Gasteiger partial charge in [0, 0.05) is 25.2 Å². The lowest BCUT2D eigenvalue weighted by atomic mass is 10.0. The Kier molecular flexibility index (Phi) is 3.71. The number of hydrogen-bond donors (Lipinski definition) is 2. The van der Waals surface area contributed by atoms with Crippen LogP contribution in [0.25, 0.3) is 0 Å². The van der Waals surface area contributed by atoms with Crippen molar-refractivity contribution in [1.29, 1.82) is 0 Å². The Bertz CT molecular complexity index is 159. The average Bonchev–Trinajstić information content (AvgIpc) is 2.54. The standard InChI is InChI=1S/C10H22N2O/c1-10(2,8-11)12-5-3-9(7-12)4-6-13/h9,13H,3-8,11H2,1-2H3. The predicted molar refractivity (Wildman–Crippen MR) is 54.5 cm³/mol. The molecule has 1 saturated heterocycles. The molecule has 0 bridgehead atoms. The van der Waals surface area contributed by atoms with Crippen molar-refractivity contribution >= 4 is 0 Å². The fraction of sp³-hybridized carbons (Fsp3) is 1.00. The van der Waals surface area contributed by atoms with Crippen LogP contribution in [0.5, 0.6) is 0 Å². The fourth-order valence-corrected chi connectivity index (χ4v) is 1.93. The van der Waals surface area contributed by atoms with E-state index in [4.69, 9.17) is 10.8 Å². The minimum atomic E-state index is 0.129. The molecule has 0 amide bonds. The number of rotatable bonds is 4. The molecule has 3 N–H and O–H groups in total. The van der Waals surface area contributed by atoms with Gasteiger partial charge in [0.1, 0.15) is 0 Å². The van der Waals surface area contributed by atoms with E-state index in [0.717, 1.165) is 19.5 Å². The van der Waals surface area contributed by atoms with Gasteiger partial charge in [-0.25, -0.2) is 0 Å². The zero-order valence-electron chi connectivity index (χ0n) is 8.79. The summed E-state index contributed by atoms with van der Waals surface area (Å²) in [6.07, 6.45) is 2.15. The van der Waals surface area contributed by atoms with Crippen molar-refractivity contribution in [1.82, 2.24) is 4.90 Å². The number of hydrogen-bond acceptors (Lipinski definition) is 3. The number of nitrogens with zero attached hydrogens (tertiary/aromatic N) is 1. The third kappa shape index (κ3) is 2.66. The molecule has 1 unspecified atom stereocenters. The van der Waals surface area contributed by atoms with Gasteiger partial charge in [-0.1, -0.05) is 0 Å². The first kappa shape index (κ1) is 11.0. The van der Waals surface area contributed by atoms with Crippen LogP contribution in [-0.2, 0) is 0 Å². The van der Waals surface area contributed by atoms with Crippen molar-refractivity contribution in [3.63, 3.8) is 0 Å². The average molecular weight is 186 g/mol. The summed E-state index contributed by atoms with van der Waals surface area (Å²) in [4.78, 5) is 2.44. The van der Waals surface area contributed by atoms with Gasteiger partial charge in [-0.05, 0) is 39.2 Å². The van der Waals surface area contributed by atoms with Crippen LogP contribution in [0.15, 0.2) is 0 Å². The van der Waals surface area contributed by atoms with E-state index in [2.05, 4.69) is 18.7 Å². The van der Waals surface area contributed by atoms with Crippen LogP contribution in [0.2, 0.25) is 0 Å². The minimum Gasteiger partial charge on any atom is -0.396 e. The van der Waals surface area contributed by atoms with Crippen molar-refractivity contribution in [3.8, 4) is 0 Å². The summed E-state index contributed by atoms with van der Waals surface area (Å²) in [7, 11) is 0. The molecule has 0 aromatic carbocycles. The van der Waals surface area contributed by atoms with Gasteiger partial charge in [-0.3, -0.25) is 4.90 Å². The summed E-state index contributed by atoms with van der Waals surface area (Å²) in [5.74, 6) is 0.677. The zero-order valence-corrected chi connectivity index (χ0v) is 8.79. The molecule has 0 aliphatic carbocycles. The monoisotopic (exact) mass is 186 g/mol. The first-order chi connectivity index (χ1) is 6.10. The first-order valence-corrected chi connectivity index (χ1v) is 5.16. The second-order valence-electron chi connectivity index (χ2n) is 4.63. The van der Waals surface area contributed by atoms with Crippen LogP contribution >= 0.6 is 0 Å². The van der Waals surface area contributed by atoms with Gasteiger partial charge in [0.2, 0.25) is 0 Å². The maximum atomic E-state index is 8.83. The molecule has 1 rings (SSSR count). The lowest BCUT2D eigenvalue weighted by Gasteiger charge is -2.34. The topological polar surface area (TPSA) is 49.5 Å². The van der Waals surface area contributed by atoms with Gasteiger partial charge in [0.25, 0.3) is 0 Å². The number of aliphatic hydroxyl groups is 1.